The van der Waals surface area contributed by atoms with E-state index >= 15 is 0 Å². The van der Waals surface area contributed by atoms with Crippen LogP contribution in [-0.4, -0.2) is 51.0 Å². The standard InChI is InChI=1S/C12H20N2O5S/c1-9-11(10(2)19-13-9)20(15,16)14-7-5-12(17-3,18-4)6-8-14/h5-8H2,1-4H3. The topological polar surface area (TPSA) is 81.9 Å². The third-order valence-corrected chi connectivity index (χ3v) is 5.94. The molecule has 0 bridgehead atoms. The molecule has 0 atom stereocenters. The number of piperidine rings is 1. The Bertz CT molecular complexity index is 547. The number of aryl methyl sites for hydroxylation is 2. The summed E-state index contributed by atoms with van der Waals surface area (Å²) in [6.45, 7) is 3.91. The molecular weight excluding hydrogens is 284 g/mol. The van der Waals surface area contributed by atoms with E-state index in [9.17, 15) is 8.42 Å². The molecule has 0 amide bonds. The van der Waals surface area contributed by atoms with Gasteiger partial charge in [-0.3, -0.25) is 0 Å². The highest BCUT2D eigenvalue weighted by Crippen LogP contribution is 2.31. The second-order valence-electron chi connectivity index (χ2n) is 4.88. The van der Waals surface area contributed by atoms with E-state index in [-0.39, 0.29) is 4.90 Å². The van der Waals surface area contributed by atoms with Gasteiger partial charge in [-0.2, -0.15) is 4.31 Å². The summed E-state index contributed by atoms with van der Waals surface area (Å²) in [5.41, 5.74) is 0.387. The van der Waals surface area contributed by atoms with Crippen LogP contribution in [0.15, 0.2) is 9.42 Å². The summed E-state index contributed by atoms with van der Waals surface area (Å²) in [6.07, 6.45) is 0.977. The summed E-state index contributed by atoms with van der Waals surface area (Å²) in [4.78, 5) is 0.167. The molecule has 0 spiro atoms. The maximum atomic E-state index is 12.6. The van der Waals surface area contributed by atoms with Crippen LogP contribution in [0.5, 0.6) is 0 Å². The highest BCUT2D eigenvalue weighted by Gasteiger charge is 2.40. The largest absolute Gasteiger partial charge is 0.360 e. The highest BCUT2D eigenvalue weighted by molar-refractivity contribution is 7.89. The summed E-state index contributed by atoms with van der Waals surface area (Å²) < 4.78 is 42.3. The van der Waals surface area contributed by atoms with Crippen molar-refractivity contribution in [2.24, 2.45) is 0 Å². The van der Waals surface area contributed by atoms with Gasteiger partial charge in [0, 0.05) is 40.2 Å². The van der Waals surface area contributed by atoms with Crippen molar-refractivity contribution in [1.82, 2.24) is 9.46 Å². The predicted octanol–water partition coefficient (Wildman–Crippen LogP) is 1.07. The van der Waals surface area contributed by atoms with Crippen LogP contribution in [-0.2, 0) is 19.5 Å². The molecular formula is C12H20N2O5S. The quantitative estimate of drug-likeness (QED) is 0.774. The van der Waals surface area contributed by atoms with Gasteiger partial charge >= 0.3 is 0 Å². The number of hydrogen-bond acceptors (Lipinski definition) is 6. The molecule has 2 rings (SSSR count). The summed E-state index contributed by atoms with van der Waals surface area (Å²) in [5.74, 6) is -0.372. The second-order valence-corrected chi connectivity index (χ2v) is 6.75. The van der Waals surface area contributed by atoms with Crippen LogP contribution in [0, 0.1) is 13.8 Å². The van der Waals surface area contributed by atoms with E-state index in [1.54, 1.807) is 28.1 Å². The minimum atomic E-state index is -3.58. The zero-order chi connectivity index (χ0) is 15.0. The van der Waals surface area contributed by atoms with Crippen molar-refractivity contribution in [3.63, 3.8) is 0 Å². The van der Waals surface area contributed by atoms with E-state index in [0.717, 1.165) is 0 Å². The van der Waals surface area contributed by atoms with Crippen LogP contribution in [0.25, 0.3) is 0 Å². The monoisotopic (exact) mass is 304 g/mol. The number of sulfonamides is 1. The maximum absolute atomic E-state index is 12.6. The van der Waals surface area contributed by atoms with Crippen molar-refractivity contribution < 1.29 is 22.4 Å². The third kappa shape index (κ3) is 2.48. The first-order chi connectivity index (χ1) is 9.36. The van der Waals surface area contributed by atoms with Crippen molar-refractivity contribution >= 4 is 10.0 Å². The number of rotatable bonds is 4. The fourth-order valence-corrected chi connectivity index (χ4v) is 4.26. The first kappa shape index (κ1) is 15.4. The Balaban J connectivity index is 2.22. The lowest BCUT2D eigenvalue weighted by Gasteiger charge is -2.38. The number of methoxy groups -OCH3 is 2. The van der Waals surface area contributed by atoms with Crippen molar-refractivity contribution in [2.45, 2.75) is 37.4 Å². The minimum Gasteiger partial charge on any atom is -0.360 e. The van der Waals surface area contributed by atoms with Crippen LogP contribution in [0.4, 0.5) is 0 Å². The first-order valence-electron chi connectivity index (χ1n) is 6.39. The molecule has 114 valence electrons. The molecule has 20 heavy (non-hydrogen) atoms. The molecule has 7 nitrogen and oxygen atoms in total. The SMILES string of the molecule is COC1(OC)CCN(S(=O)(=O)c2c(C)noc2C)CC1. The summed E-state index contributed by atoms with van der Waals surface area (Å²) >= 11 is 0. The van der Waals surface area contributed by atoms with Gasteiger partial charge in [-0.05, 0) is 13.8 Å². The van der Waals surface area contributed by atoms with Crippen molar-refractivity contribution in [2.75, 3.05) is 27.3 Å². The molecule has 1 fully saturated rings. The Kier molecular flexibility index (Phi) is 4.19. The smallest absolute Gasteiger partial charge is 0.248 e. The van der Waals surface area contributed by atoms with Crippen LogP contribution < -0.4 is 0 Å². The molecule has 0 N–H and O–H groups in total. The number of nitrogens with zero attached hydrogens (tertiary/aromatic N) is 2. The molecule has 0 saturated carbocycles. The summed E-state index contributed by atoms with van der Waals surface area (Å²) in [7, 11) is -0.438. The van der Waals surface area contributed by atoms with Gasteiger partial charge in [0.15, 0.2) is 11.5 Å². The zero-order valence-corrected chi connectivity index (χ0v) is 13.0. The van der Waals surface area contributed by atoms with Gasteiger partial charge < -0.3 is 14.0 Å². The van der Waals surface area contributed by atoms with Crippen LogP contribution in [0.1, 0.15) is 24.3 Å². The molecule has 0 aliphatic carbocycles. The molecule has 1 aliphatic rings. The molecule has 2 heterocycles. The van der Waals surface area contributed by atoms with E-state index in [1.807, 2.05) is 0 Å². The lowest BCUT2D eigenvalue weighted by molar-refractivity contribution is -0.224. The predicted molar refractivity (Wildman–Crippen MR) is 70.7 cm³/mol. The van der Waals surface area contributed by atoms with E-state index in [0.29, 0.717) is 37.4 Å². The molecule has 0 radical (unpaired) electrons. The lowest BCUT2D eigenvalue weighted by Crippen LogP contribution is -2.48. The lowest BCUT2D eigenvalue weighted by atomic mass is 10.1. The van der Waals surface area contributed by atoms with Gasteiger partial charge in [-0.25, -0.2) is 8.42 Å². The van der Waals surface area contributed by atoms with Crippen molar-refractivity contribution in [3.05, 3.63) is 11.5 Å². The van der Waals surface area contributed by atoms with Gasteiger partial charge in [0.25, 0.3) is 0 Å². The molecule has 0 aromatic carbocycles. The van der Waals surface area contributed by atoms with E-state index < -0.39 is 15.8 Å². The maximum Gasteiger partial charge on any atom is 0.248 e. The van der Waals surface area contributed by atoms with Gasteiger partial charge in [0.05, 0.1) is 0 Å². The van der Waals surface area contributed by atoms with E-state index in [2.05, 4.69) is 5.16 Å². The van der Waals surface area contributed by atoms with E-state index in [1.165, 1.54) is 4.31 Å². The van der Waals surface area contributed by atoms with Gasteiger partial charge in [-0.1, -0.05) is 5.16 Å². The average Bonchev–Trinajstić information content (AvgIpc) is 2.78. The van der Waals surface area contributed by atoms with Gasteiger partial charge in [0.1, 0.15) is 10.6 Å². The van der Waals surface area contributed by atoms with Gasteiger partial charge in [-0.15, -0.1) is 0 Å². The molecule has 1 saturated heterocycles. The fraction of sp³-hybridized carbons (Fsp3) is 0.750. The molecule has 0 unspecified atom stereocenters. The third-order valence-electron chi connectivity index (χ3n) is 3.79. The van der Waals surface area contributed by atoms with Crippen molar-refractivity contribution in [1.29, 1.82) is 0 Å². The fourth-order valence-electron chi connectivity index (χ4n) is 2.53. The Labute approximate surface area is 118 Å². The Morgan fingerprint density at radius 3 is 2.15 bits per heavy atom. The van der Waals surface area contributed by atoms with Crippen LogP contribution in [0.2, 0.25) is 0 Å². The van der Waals surface area contributed by atoms with Gasteiger partial charge in [0.2, 0.25) is 10.0 Å². The number of hydrogen-bond donors (Lipinski definition) is 0. The summed E-state index contributed by atoms with van der Waals surface area (Å²) in [6, 6.07) is 0. The van der Waals surface area contributed by atoms with Crippen molar-refractivity contribution in [3.8, 4) is 0 Å². The molecule has 1 aromatic rings. The average molecular weight is 304 g/mol. The molecule has 8 heteroatoms. The zero-order valence-electron chi connectivity index (χ0n) is 12.2. The number of ether oxygens (including phenoxy) is 2. The Hall–Kier alpha value is -0.960. The first-order valence-corrected chi connectivity index (χ1v) is 7.83. The summed E-state index contributed by atoms with van der Waals surface area (Å²) in [5, 5.41) is 3.71. The highest BCUT2D eigenvalue weighted by atomic mass is 32.2. The second kappa shape index (κ2) is 5.44. The minimum absolute atomic E-state index is 0.167. The van der Waals surface area contributed by atoms with E-state index in [4.69, 9.17) is 14.0 Å². The van der Waals surface area contributed by atoms with Crippen LogP contribution in [0.3, 0.4) is 0 Å². The Morgan fingerprint density at radius 2 is 1.75 bits per heavy atom. The number of aromatic nitrogens is 1. The normalized spacial score (nSPS) is 20.2. The molecule has 1 aromatic heterocycles. The van der Waals surface area contributed by atoms with Crippen LogP contribution >= 0.6 is 0 Å². The Morgan fingerprint density at radius 1 is 1.20 bits per heavy atom. The molecule has 1 aliphatic heterocycles.